The Hall–Kier alpha value is -2.83. The van der Waals surface area contributed by atoms with Gasteiger partial charge in [0.05, 0.1) is 13.2 Å². The number of benzene rings is 2. The molecule has 6 heteroatoms. The van der Waals surface area contributed by atoms with Crippen LogP contribution in [-0.4, -0.2) is 35.8 Å². The summed E-state index contributed by atoms with van der Waals surface area (Å²) in [4.78, 5) is 20.1. The molecule has 1 amide bonds. The number of nitrogens with zero attached hydrogens (tertiary/aromatic N) is 1. The molecular weight excluding hydrogens is 548 g/mol. The van der Waals surface area contributed by atoms with Crippen LogP contribution in [0.5, 0.6) is 0 Å². The zero-order chi connectivity index (χ0) is 31.9. The Kier molecular flexibility index (Phi) is 19.2. The van der Waals surface area contributed by atoms with Crippen LogP contribution in [0.4, 0.5) is 0 Å². The quantitative estimate of drug-likeness (QED) is 0.0691. The van der Waals surface area contributed by atoms with Gasteiger partial charge in [-0.2, -0.15) is 0 Å². The van der Waals surface area contributed by atoms with Crippen molar-refractivity contribution in [3.05, 3.63) is 84.3 Å². The molecule has 0 saturated heterocycles. The molecule has 246 valence electrons. The van der Waals surface area contributed by atoms with Crippen LogP contribution < -0.4 is 5.32 Å². The molecule has 2 aromatic rings. The van der Waals surface area contributed by atoms with Gasteiger partial charge in [0.2, 0.25) is 0 Å². The van der Waals surface area contributed by atoms with Crippen molar-refractivity contribution in [2.45, 2.75) is 136 Å². The summed E-state index contributed by atoms with van der Waals surface area (Å²) < 4.78 is 11.9. The highest BCUT2D eigenvalue weighted by Crippen LogP contribution is 2.15. The van der Waals surface area contributed by atoms with Crippen molar-refractivity contribution in [3.63, 3.8) is 0 Å². The van der Waals surface area contributed by atoms with E-state index in [0.29, 0.717) is 25.6 Å². The van der Waals surface area contributed by atoms with Crippen molar-refractivity contribution in [3.8, 4) is 0 Å². The standard InChI is InChI=1S/C38H60N2O4/c1-6-7-8-9-10-11-12-13-14-15-16-17-24-29-40(43-31-35-27-22-19-23-28-35)37(41)36(39-33(2)44-38(3,4)5)32-42-30-34-25-20-18-21-26-34/h18-23,25-28,36,39H,2,6-17,24,29-32H2,1,3-5H3. The zero-order valence-electron chi connectivity index (χ0n) is 28.2. The molecule has 0 aliphatic rings. The van der Waals surface area contributed by atoms with Crippen molar-refractivity contribution < 1.29 is 19.1 Å². The summed E-state index contributed by atoms with van der Waals surface area (Å²) in [5.74, 6) is 0.148. The van der Waals surface area contributed by atoms with Crippen LogP contribution in [0.25, 0.3) is 0 Å². The Morgan fingerprint density at radius 1 is 0.750 bits per heavy atom. The van der Waals surface area contributed by atoms with E-state index in [1.165, 1.54) is 75.7 Å². The topological polar surface area (TPSA) is 60.0 Å². The number of ether oxygens (including phenoxy) is 2. The molecule has 0 spiro atoms. The van der Waals surface area contributed by atoms with E-state index >= 15 is 0 Å². The molecule has 0 saturated carbocycles. The Morgan fingerprint density at radius 3 is 1.73 bits per heavy atom. The lowest BCUT2D eigenvalue weighted by Gasteiger charge is -2.30. The first-order valence-electron chi connectivity index (χ1n) is 17.0. The lowest BCUT2D eigenvalue weighted by molar-refractivity contribution is -0.195. The highest BCUT2D eigenvalue weighted by Gasteiger charge is 2.27. The highest BCUT2D eigenvalue weighted by molar-refractivity contribution is 5.81. The summed E-state index contributed by atoms with van der Waals surface area (Å²) in [6.07, 6.45) is 16.6. The van der Waals surface area contributed by atoms with E-state index in [2.05, 4.69) is 18.8 Å². The van der Waals surface area contributed by atoms with Gasteiger partial charge in [0, 0.05) is 6.54 Å². The summed E-state index contributed by atoms with van der Waals surface area (Å²) in [5, 5.41) is 4.69. The Balaban J connectivity index is 1.90. The van der Waals surface area contributed by atoms with E-state index < -0.39 is 11.6 Å². The molecule has 0 bridgehead atoms. The number of rotatable bonds is 25. The smallest absolute Gasteiger partial charge is 0.271 e. The van der Waals surface area contributed by atoms with Crippen molar-refractivity contribution in [2.24, 2.45) is 0 Å². The minimum atomic E-state index is -0.702. The molecule has 0 aliphatic carbocycles. The second kappa shape index (κ2) is 22.6. The molecule has 0 heterocycles. The maximum atomic E-state index is 13.9. The minimum Gasteiger partial charge on any atom is -0.474 e. The van der Waals surface area contributed by atoms with Crippen LogP contribution in [0, 0.1) is 0 Å². The van der Waals surface area contributed by atoms with E-state index in [9.17, 15) is 4.79 Å². The average Bonchev–Trinajstić information content (AvgIpc) is 3.00. The van der Waals surface area contributed by atoms with Gasteiger partial charge in [-0.1, -0.05) is 145 Å². The maximum absolute atomic E-state index is 13.9. The monoisotopic (exact) mass is 608 g/mol. The Labute approximate surface area is 268 Å². The zero-order valence-corrected chi connectivity index (χ0v) is 28.2. The molecule has 0 fully saturated rings. The van der Waals surface area contributed by atoms with Gasteiger partial charge < -0.3 is 14.8 Å². The molecule has 0 radical (unpaired) electrons. The number of amides is 1. The molecule has 6 nitrogen and oxygen atoms in total. The number of hydrogen-bond acceptors (Lipinski definition) is 5. The fourth-order valence-electron chi connectivity index (χ4n) is 5.05. The highest BCUT2D eigenvalue weighted by atomic mass is 16.7. The van der Waals surface area contributed by atoms with Gasteiger partial charge in [-0.3, -0.25) is 9.63 Å². The first-order chi connectivity index (χ1) is 21.3. The van der Waals surface area contributed by atoms with Gasteiger partial charge in [0.15, 0.2) is 5.88 Å². The molecular formula is C38H60N2O4. The fourth-order valence-corrected chi connectivity index (χ4v) is 5.05. The van der Waals surface area contributed by atoms with E-state index in [1.54, 1.807) is 0 Å². The molecule has 1 N–H and O–H groups in total. The number of nitrogens with one attached hydrogen (secondary N) is 1. The predicted octanol–water partition coefficient (Wildman–Crippen LogP) is 9.50. The van der Waals surface area contributed by atoms with Crippen molar-refractivity contribution in [1.29, 1.82) is 0 Å². The molecule has 1 atom stereocenters. The van der Waals surface area contributed by atoms with Crippen LogP contribution in [0.1, 0.15) is 122 Å². The van der Waals surface area contributed by atoms with Gasteiger partial charge in [-0.25, -0.2) is 5.06 Å². The lowest BCUT2D eigenvalue weighted by Crippen LogP contribution is -2.49. The third kappa shape index (κ3) is 18.1. The molecule has 2 aromatic carbocycles. The van der Waals surface area contributed by atoms with Crippen molar-refractivity contribution >= 4 is 5.91 Å². The summed E-state index contributed by atoms with van der Waals surface area (Å²) >= 11 is 0. The first kappa shape index (κ1) is 37.4. The Bertz CT molecular complexity index is 1010. The van der Waals surface area contributed by atoms with Crippen LogP contribution in [0.3, 0.4) is 0 Å². The van der Waals surface area contributed by atoms with Crippen LogP contribution in [0.2, 0.25) is 0 Å². The average molecular weight is 609 g/mol. The summed E-state index contributed by atoms with van der Waals surface area (Å²) in [5.41, 5.74) is 1.62. The lowest BCUT2D eigenvalue weighted by atomic mass is 10.0. The number of carbonyl (C=O) groups excluding carboxylic acids is 1. The third-order valence-corrected chi connectivity index (χ3v) is 7.40. The minimum absolute atomic E-state index is 0.157. The van der Waals surface area contributed by atoms with Crippen LogP contribution in [-0.2, 0) is 32.3 Å². The normalized spacial score (nSPS) is 12.1. The van der Waals surface area contributed by atoms with Crippen LogP contribution in [0.15, 0.2) is 73.1 Å². The van der Waals surface area contributed by atoms with Gasteiger partial charge in [0.25, 0.3) is 5.91 Å². The third-order valence-electron chi connectivity index (χ3n) is 7.40. The number of hydrogen-bond donors (Lipinski definition) is 1. The number of carbonyl (C=O) groups is 1. The predicted molar refractivity (Wildman–Crippen MR) is 182 cm³/mol. The fraction of sp³-hybridized carbons (Fsp3) is 0.605. The maximum Gasteiger partial charge on any atom is 0.271 e. The summed E-state index contributed by atoms with van der Waals surface area (Å²) in [6, 6.07) is 19.2. The Morgan fingerprint density at radius 2 is 1.23 bits per heavy atom. The second-order valence-electron chi connectivity index (χ2n) is 12.8. The molecule has 2 rings (SSSR count). The summed E-state index contributed by atoms with van der Waals surface area (Å²) in [7, 11) is 0. The van der Waals surface area contributed by atoms with E-state index in [1.807, 2.05) is 81.4 Å². The van der Waals surface area contributed by atoms with E-state index in [4.69, 9.17) is 14.3 Å². The van der Waals surface area contributed by atoms with Crippen molar-refractivity contribution in [2.75, 3.05) is 13.2 Å². The van der Waals surface area contributed by atoms with Gasteiger partial charge in [-0.15, -0.1) is 0 Å². The van der Waals surface area contributed by atoms with Crippen molar-refractivity contribution in [1.82, 2.24) is 10.4 Å². The van der Waals surface area contributed by atoms with Gasteiger partial charge >= 0.3 is 0 Å². The first-order valence-corrected chi connectivity index (χ1v) is 17.0. The molecule has 44 heavy (non-hydrogen) atoms. The molecule has 1 unspecified atom stereocenters. The van der Waals surface area contributed by atoms with E-state index in [-0.39, 0.29) is 12.5 Å². The summed E-state index contributed by atoms with van der Waals surface area (Å²) in [6.45, 7) is 13.5. The molecule has 0 aliphatic heterocycles. The van der Waals surface area contributed by atoms with Gasteiger partial charge in [-0.05, 0) is 44.9 Å². The van der Waals surface area contributed by atoms with E-state index in [0.717, 1.165) is 24.0 Å². The van der Waals surface area contributed by atoms with Gasteiger partial charge in [0.1, 0.15) is 18.2 Å². The number of unbranched alkanes of at least 4 members (excludes halogenated alkanes) is 12. The van der Waals surface area contributed by atoms with Crippen LogP contribution >= 0.6 is 0 Å². The number of hydroxylamine groups is 2. The largest absolute Gasteiger partial charge is 0.474 e. The SMILES string of the molecule is C=C(NC(COCc1ccccc1)C(=O)N(CCCCCCCCCCCCCCC)OCc1ccccc1)OC(C)(C)C. The molecule has 0 aromatic heterocycles. The second-order valence-corrected chi connectivity index (χ2v) is 12.8.